The summed E-state index contributed by atoms with van der Waals surface area (Å²) in [6, 6.07) is 2.74. The Bertz CT molecular complexity index is 1010. The Hall–Kier alpha value is -3.03. The number of hydrogen-bond donors (Lipinski definition) is 1. The number of aliphatic imine (C=N–C) groups is 1. The van der Waals surface area contributed by atoms with Crippen molar-refractivity contribution in [1.82, 2.24) is 20.0 Å². The number of rotatable bonds is 2. The van der Waals surface area contributed by atoms with E-state index in [4.69, 9.17) is 0 Å². The number of amidine groups is 1. The lowest BCUT2D eigenvalue weighted by atomic mass is 10.1. The van der Waals surface area contributed by atoms with E-state index < -0.39 is 11.6 Å². The van der Waals surface area contributed by atoms with Crippen LogP contribution in [0.3, 0.4) is 0 Å². The molecule has 8 heteroatoms. The van der Waals surface area contributed by atoms with Crippen molar-refractivity contribution in [1.29, 1.82) is 0 Å². The monoisotopic (exact) mass is 340 g/mol. The summed E-state index contributed by atoms with van der Waals surface area (Å²) in [6.45, 7) is 3.05. The molecule has 0 radical (unpaired) electrons. The van der Waals surface area contributed by atoms with Crippen molar-refractivity contribution in [2.45, 2.75) is 19.9 Å². The number of halogens is 2. The summed E-state index contributed by atoms with van der Waals surface area (Å²) in [5.41, 5.74) is 2.57. The number of nitrogens with one attached hydrogen (secondary N) is 1. The number of nitrogens with zero attached hydrogens (tertiary/aromatic N) is 5. The van der Waals surface area contributed by atoms with Crippen LogP contribution in [0.2, 0.25) is 0 Å². The summed E-state index contributed by atoms with van der Waals surface area (Å²) in [5, 5.41) is 11.3. The van der Waals surface area contributed by atoms with Gasteiger partial charge in [0, 0.05) is 6.54 Å². The first-order chi connectivity index (χ1) is 12.2. The van der Waals surface area contributed by atoms with Gasteiger partial charge in [0.2, 0.25) is 0 Å². The van der Waals surface area contributed by atoms with Gasteiger partial charge in [0.05, 0.1) is 35.8 Å². The number of H-pyrrole nitrogens is 1. The topological polar surface area (TPSA) is 62.1 Å². The molecule has 25 heavy (non-hydrogen) atoms. The van der Waals surface area contributed by atoms with E-state index in [1.54, 1.807) is 12.4 Å². The van der Waals surface area contributed by atoms with Crippen LogP contribution in [-0.2, 0) is 13.0 Å². The Morgan fingerprint density at radius 1 is 1.16 bits per heavy atom. The van der Waals surface area contributed by atoms with Crippen molar-refractivity contribution in [3.8, 4) is 11.3 Å². The highest BCUT2D eigenvalue weighted by Crippen LogP contribution is 2.41. The highest BCUT2D eigenvalue weighted by atomic mass is 19.1. The van der Waals surface area contributed by atoms with E-state index in [1.807, 2.05) is 16.5 Å². The van der Waals surface area contributed by atoms with Crippen LogP contribution >= 0.6 is 0 Å². The molecule has 1 N–H and O–H groups in total. The summed E-state index contributed by atoms with van der Waals surface area (Å²) >= 11 is 0. The van der Waals surface area contributed by atoms with Crippen molar-refractivity contribution < 1.29 is 8.78 Å². The second-order valence-electron chi connectivity index (χ2n) is 6.11. The minimum absolute atomic E-state index is 0.119. The van der Waals surface area contributed by atoms with Crippen molar-refractivity contribution in [3.63, 3.8) is 0 Å². The fourth-order valence-electron chi connectivity index (χ4n) is 3.48. The third kappa shape index (κ3) is 1.90. The maximum absolute atomic E-state index is 14.8. The Labute approximate surface area is 141 Å². The van der Waals surface area contributed by atoms with Gasteiger partial charge >= 0.3 is 0 Å². The molecule has 2 aliphatic rings. The van der Waals surface area contributed by atoms with Gasteiger partial charge in [0.25, 0.3) is 0 Å². The summed E-state index contributed by atoms with van der Waals surface area (Å²) < 4.78 is 31.3. The molecule has 6 nitrogen and oxygen atoms in total. The molecule has 0 spiro atoms. The second-order valence-corrected chi connectivity index (χ2v) is 6.11. The highest BCUT2D eigenvalue weighted by molar-refractivity contribution is 6.14. The minimum Gasteiger partial charge on any atom is -0.308 e. The van der Waals surface area contributed by atoms with Crippen LogP contribution in [0, 0.1) is 11.6 Å². The average Bonchev–Trinajstić information content (AvgIpc) is 3.27. The minimum atomic E-state index is -0.609. The van der Waals surface area contributed by atoms with Crippen molar-refractivity contribution in [2.24, 2.45) is 4.99 Å². The van der Waals surface area contributed by atoms with E-state index in [-0.39, 0.29) is 11.4 Å². The maximum atomic E-state index is 14.8. The van der Waals surface area contributed by atoms with Crippen LogP contribution in [0.4, 0.5) is 20.3 Å². The first-order valence-electron chi connectivity index (χ1n) is 8.11. The SMILES string of the molecule is CCc1cc(F)c(C2=Nc3cn[nH]c3-c3cnn4c3N2CC4)c(F)c1. The first kappa shape index (κ1) is 14.3. The van der Waals surface area contributed by atoms with Gasteiger partial charge in [-0.15, -0.1) is 0 Å². The molecule has 0 unspecified atom stereocenters. The zero-order valence-corrected chi connectivity index (χ0v) is 13.4. The normalized spacial score (nSPS) is 15.0. The zero-order chi connectivity index (χ0) is 17.1. The molecule has 0 amide bonds. The van der Waals surface area contributed by atoms with Gasteiger partial charge in [0.1, 0.15) is 29.0 Å². The van der Waals surface area contributed by atoms with Crippen LogP contribution in [0.5, 0.6) is 0 Å². The van der Waals surface area contributed by atoms with Crippen LogP contribution < -0.4 is 4.90 Å². The average molecular weight is 340 g/mol. The molecular formula is C17H14F2N6. The Morgan fingerprint density at radius 2 is 1.96 bits per heavy atom. The van der Waals surface area contributed by atoms with Gasteiger partial charge in [-0.3, -0.25) is 5.10 Å². The second kappa shape index (κ2) is 4.98. The quantitative estimate of drug-likeness (QED) is 0.780. The summed E-state index contributed by atoms with van der Waals surface area (Å²) in [6.07, 6.45) is 3.84. The number of hydrogen-bond acceptors (Lipinski definition) is 4. The number of anilines is 1. The highest BCUT2D eigenvalue weighted by Gasteiger charge is 2.35. The zero-order valence-electron chi connectivity index (χ0n) is 13.4. The Balaban J connectivity index is 1.79. The molecule has 0 bridgehead atoms. The lowest BCUT2D eigenvalue weighted by Crippen LogP contribution is -2.31. The number of aryl methyl sites for hydroxylation is 1. The molecule has 0 saturated carbocycles. The van der Waals surface area contributed by atoms with E-state index in [0.29, 0.717) is 36.5 Å². The predicted octanol–water partition coefficient (Wildman–Crippen LogP) is 3.03. The number of fused-ring (bicyclic) bond motifs is 2. The lowest BCUT2D eigenvalue weighted by Gasteiger charge is -2.20. The summed E-state index contributed by atoms with van der Waals surface area (Å²) in [7, 11) is 0. The third-order valence-electron chi connectivity index (χ3n) is 4.71. The Morgan fingerprint density at radius 3 is 2.72 bits per heavy atom. The number of aromatic amines is 1. The van der Waals surface area contributed by atoms with Gasteiger partial charge < -0.3 is 4.90 Å². The predicted molar refractivity (Wildman–Crippen MR) is 89.1 cm³/mol. The van der Waals surface area contributed by atoms with E-state index in [2.05, 4.69) is 20.3 Å². The van der Waals surface area contributed by atoms with Crippen molar-refractivity contribution in [2.75, 3.05) is 11.4 Å². The molecule has 0 atom stereocenters. The molecule has 0 fully saturated rings. The lowest BCUT2D eigenvalue weighted by molar-refractivity contribution is 0.575. The largest absolute Gasteiger partial charge is 0.308 e. The smallest absolute Gasteiger partial charge is 0.148 e. The molecule has 5 rings (SSSR count). The van der Waals surface area contributed by atoms with Crippen molar-refractivity contribution >= 4 is 17.3 Å². The molecule has 3 aromatic rings. The summed E-state index contributed by atoms with van der Waals surface area (Å²) in [5.74, 6) is -0.192. The Kier molecular flexibility index (Phi) is 2.85. The van der Waals surface area contributed by atoms with Crippen LogP contribution in [0.15, 0.2) is 29.5 Å². The number of benzene rings is 1. The van der Waals surface area contributed by atoms with Crippen molar-refractivity contribution in [3.05, 3.63) is 47.3 Å². The number of aromatic nitrogens is 4. The van der Waals surface area contributed by atoms with Gasteiger partial charge in [-0.2, -0.15) is 10.2 Å². The van der Waals surface area contributed by atoms with Crippen LogP contribution in [0.1, 0.15) is 18.1 Å². The molecule has 126 valence electrons. The molecule has 1 aromatic carbocycles. The van der Waals surface area contributed by atoms with E-state index in [9.17, 15) is 8.78 Å². The molecular weight excluding hydrogens is 326 g/mol. The van der Waals surface area contributed by atoms with Crippen LogP contribution in [-0.4, -0.2) is 32.4 Å². The van der Waals surface area contributed by atoms with Gasteiger partial charge in [-0.1, -0.05) is 6.92 Å². The molecule has 4 heterocycles. The fraction of sp³-hybridized carbons (Fsp3) is 0.235. The van der Waals surface area contributed by atoms with Gasteiger partial charge in [-0.05, 0) is 24.1 Å². The molecule has 2 aliphatic heterocycles. The molecule has 0 aliphatic carbocycles. The molecule has 2 aromatic heterocycles. The fourth-order valence-corrected chi connectivity index (χ4v) is 3.48. The molecule has 0 saturated heterocycles. The van der Waals surface area contributed by atoms with Gasteiger partial charge in [-0.25, -0.2) is 18.5 Å². The first-order valence-corrected chi connectivity index (χ1v) is 8.11. The summed E-state index contributed by atoms with van der Waals surface area (Å²) in [4.78, 5) is 6.37. The third-order valence-corrected chi connectivity index (χ3v) is 4.71. The maximum Gasteiger partial charge on any atom is 0.148 e. The van der Waals surface area contributed by atoms with Crippen LogP contribution in [0.25, 0.3) is 11.3 Å². The van der Waals surface area contributed by atoms with Gasteiger partial charge in [0.15, 0.2) is 0 Å². The standard InChI is InChI=1S/C17H14F2N6/c1-2-9-5-11(18)14(12(19)6-9)16-22-13-8-20-23-15(13)10-7-21-25-4-3-24(16)17(10)25/h5-8H,2-4H2,1H3,(H,20,23). The van der Waals surface area contributed by atoms with E-state index >= 15 is 0 Å². The van der Waals surface area contributed by atoms with E-state index in [0.717, 1.165) is 11.4 Å². The van der Waals surface area contributed by atoms with E-state index in [1.165, 1.54) is 12.1 Å².